The number of rotatable bonds is 7. The number of carbonyl (C=O) groups is 1. The Morgan fingerprint density at radius 1 is 1.15 bits per heavy atom. The van der Waals surface area contributed by atoms with Crippen LogP contribution in [-0.2, 0) is 4.79 Å². The van der Waals surface area contributed by atoms with Gasteiger partial charge in [0, 0.05) is 23.4 Å². The highest BCUT2D eigenvalue weighted by Crippen LogP contribution is 2.40. The van der Waals surface area contributed by atoms with Crippen molar-refractivity contribution < 1.29 is 18.3 Å². The molecular formula is C29H26ClF2N5O2. The summed E-state index contributed by atoms with van der Waals surface area (Å²) in [7, 11) is 3.60. The molecule has 7 nitrogen and oxygen atoms in total. The molecular weight excluding hydrogens is 524 g/mol. The van der Waals surface area contributed by atoms with E-state index in [0.29, 0.717) is 33.5 Å². The summed E-state index contributed by atoms with van der Waals surface area (Å²) in [6.07, 6.45) is 6.88. The quantitative estimate of drug-likeness (QED) is 0.200. The van der Waals surface area contributed by atoms with E-state index in [9.17, 15) is 13.6 Å². The van der Waals surface area contributed by atoms with Crippen molar-refractivity contribution in [2.24, 2.45) is 0 Å². The summed E-state index contributed by atoms with van der Waals surface area (Å²) >= 11 is 5.80. The van der Waals surface area contributed by atoms with Gasteiger partial charge >= 0.3 is 0 Å². The second-order valence-electron chi connectivity index (χ2n) is 9.22. The number of methoxy groups -OCH3 is 1. The lowest BCUT2D eigenvalue weighted by atomic mass is 9.98. The number of carbonyl (C=O) groups excluding carboxylic acids is 1. The molecule has 4 aromatic rings. The van der Waals surface area contributed by atoms with E-state index in [0.717, 1.165) is 25.5 Å². The van der Waals surface area contributed by atoms with Crippen LogP contribution in [0, 0.1) is 11.6 Å². The van der Waals surface area contributed by atoms with Crippen molar-refractivity contribution in [1.82, 2.24) is 14.9 Å². The Kier molecular flexibility index (Phi) is 7.72. The van der Waals surface area contributed by atoms with Gasteiger partial charge in [0.05, 0.1) is 23.7 Å². The molecule has 0 saturated carbocycles. The number of likely N-dealkylation sites (tertiary alicyclic amines) is 1. The number of nitrogens with zero attached hydrogens (tertiary/aromatic N) is 3. The van der Waals surface area contributed by atoms with Crippen LogP contribution >= 0.6 is 11.6 Å². The molecule has 5 rings (SSSR count). The zero-order chi connectivity index (χ0) is 27.5. The molecule has 1 aromatic heterocycles. The van der Waals surface area contributed by atoms with Crippen LogP contribution in [-0.4, -0.2) is 47.5 Å². The Hall–Kier alpha value is -4.08. The molecule has 39 heavy (non-hydrogen) atoms. The number of anilines is 3. The summed E-state index contributed by atoms with van der Waals surface area (Å²) in [5.41, 5.74) is 2.30. The van der Waals surface area contributed by atoms with Gasteiger partial charge in [-0.3, -0.25) is 9.69 Å². The van der Waals surface area contributed by atoms with Crippen molar-refractivity contribution in [3.05, 3.63) is 83.7 Å². The van der Waals surface area contributed by atoms with Crippen LogP contribution in [0.5, 0.6) is 5.75 Å². The number of ether oxygens (including phenoxy) is 1. The molecule has 1 aliphatic heterocycles. The number of hydrogen-bond donors (Lipinski definition) is 2. The Labute approximate surface area is 229 Å². The lowest BCUT2D eigenvalue weighted by molar-refractivity contribution is -0.111. The lowest BCUT2D eigenvalue weighted by Gasteiger charge is -2.18. The number of aromatic nitrogens is 2. The smallest absolute Gasteiger partial charge is 0.248 e. The van der Waals surface area contributed by atoms with Gasteiger partial charge in [-0.1, -0.05) is 29.8 Å². The third kappa shape index (κ3) is 5.55. The van der Waals surface area contributed by atoms with Crippen LogP contribution in [0.2, 0.25) is 5.02 Å². The maximum Gasteiger partial charge on any atom is 0.248 e. The Morgan fingerprint density at radius 2 is 1.97 bits per heavy atom. The molecule has 0 unspecified atom stereocenters. The van der Waals surface area contributed by atoms with E-state index >= 15 is 0 Å². The monoisotopic (exact) mass is 549 g/mol. The molecule has 0 aliphatic carbocycles. The van der Waals surface area contributed by atoms with Crippen molar-refractivity contribution in [2.75, 3.05) is 31.3 Å². The molecule has 200 valence electrons. The fourth-order valence-electron chi connectivity index (χ4n) is 4.73. The van der Waals surface area contributed by atoms with Crippen LogP contribution in [0.4, 0.5) is 26.0 Å². The predicted octanol–water partition coefficient (Wildman–Crippen LogP) is 6.57. The van der Waals surface area contributed by atoms with Crippen LogP contribution in [0.15, 0.2) is 67.0 Å². The van der Waals surface area contributed by atoms with Crippen molar-refractivity contribution in [3.63, 3.8) is 0 Å². The third-order valence-corrected chi connectivity index (χ3v) is 7.10. The van der Waals surface area contributed by atoms with Gasteiger partial charge in [-0.05, 0) is 68.4 Å². The maximum absolute atomic E-state index is 14.8. The molecule has 1 fully saturated rings. The average Bonchev–Trinajstić information content (AvgIpc) is 3.36. The fraction of sp³-hybridized carbons (Fsp3) is 0.207. The molecule has 0 bridgehead atoms. The molecule has 2 N–H and O–H groups in total. The molecule has 3 aromatic carbocycles. The zero-order valence-electron chi connectivity index (χ0n) is 21.3. The number of nitrogens with one attached hydrogen (secondary N) is 2. The van der Waals surface area contributed by atoms with Gasteiger partial charge in [0.15, 0.2) is 5.82 Å². The number of likely N-dealkylation sites (N-methyl/N-ethyl adjacent to an activating group) is 1. The lowest BCUT2D eigenvalue weighted by Crippen LogP contribution is -2.23. The molecule has 10 heteroatoms. The van der Waals surface area contributed by atoms with Gasteiger partial charge in [0.1, 0.15) is 28.7 Å². The molecule has 2 heterocycles. The summed E-state index contributed by atoms with van der Waals surface area (Å²) in [6.45, 7) is 0.997. The second kappa shape index (κ2) is 11.3. The van der Waals surface area contributed by atoms with Crippen LogP contribution in [0.3, 0.4) is 0 Å². The number of hydrogen-bond acceptors (Lipinski definition) is 6. The van der Waals surface area contributed by atoms with Gasteiger partial charge in [-0.2, -0.15) is 0 Å². The van der Waals surface area contributed by atoms with Crippen molar-refractivity contribution >= 4 is 45.6 Å². The summed E-state index contributed by atoms with van der Waals surface area (Å²) in [5, 5.41) is 5.80. The van der Waals surface area contributed by atoms with E-state index in [4.69, 9.17) is 16.3 Å². The topological polar surface area (TPSA) is 79.4 Å². The SMILES string of the molecule is COc1cccc(-c2c(NC(=O)/C=C/[C@H]3CCCN3C)ccc3ncnc(Nc4ccc(F)c(Cl)c4F)c23)c1. The second-order valence-corrected chi connectivity index (χ2v) is 9.60. The minimum atomic E-state index is -0.946. The zero-order valence-corrected chi connectivity index (χ0v) is 22.1. The van der Waals surface area contributed by atoms with E-state index < -0.39 is 16.7 Å². The fourth-order valence-corrected chi connectivity index (χ4v) is 4.90. The summed E-state index contributed by atoms with van der Waals surface area (Å²) in [6, 6.07) is 13.3. The summed E-state index contributed by atoms with van der Waals surface area (Å²) < 4.78 is 34.0. The first kappa shape index (κ1) is 26.5. The number of amides is 1. The van der Waals surface area contributed by atoms with E-state index in [1.165, 1.54) is 12.4 Å². The van der Waals surface area contributed by atoms with Gasteiger partial charge in [0.2, 0.25) is 5.91 Å². The summed E-state index contributed by atoms with van der Waals surface area (Å²) in [4.78, 5) is 24.0. The normalized spacial score (nSPS) is 15.7. The van der Waals surface area contributed by atoms with E-state index in [1.54, 1.807) is 31.4 Å². The minimum Gasteiger partial charge on any atom is -0.497 e. The first-order chi connectivity index (χ1) is 18.9. The van der Waals surface area contributed by atoms with Crippen molar-refractivity contribution in [3.8, 4) is 16.9 Å². The van der Waals surface area contributed by atoms with E-state index in [2.05, 4.69) is 25.5 Å². The Balaban J connectivity index is 1.62. The molecule has 1 aliphatic rings. The molecule has 1 saturated heterocycles. The largest absolute Gasteiger partial charge is 0.497 e. The molecule has 0 spiro atoms. The first-order valence-electron chi connectivity index (χ1n) is 12.4. The highest BCUT2D eigenvalue weighted by Gasteiger charge is 2.21. The number of benzene rings is 3. The molecule has 1 amide bonds. The summed E-state index contributed by atoms with van der Waals surface area (Å²) in [5.74, 6) is -1.25. The van der Waals surface area contributed by atoms with Crippen LogP contribution < -0.4 is 15.4 Å². The number of fused-ring (bicyclic) bond motifs is 1. The van der Waals surface area contributed by atoms with E-state index in [1.807, 2.05) is 31.3 Å². The van der Waals surface area contributed by atoms with Gasteiger partial charge in [-0.15, -0.1) is 0 Å². The van der Waals surface area contributed by atoms with Crippen LogP contribution in [0.1, 0.15) is 12.8 Å². The molecule has 0 radical (unpaired) electrons. The van der Waals surface area contributed by atoms with Crippen LogP contribution in [0.25, 0.3) is 22.0 Å². The van der Waals surface area contributed by atoms with E-state index in [-0.39, 0.29) is 23.5 Å². The average molecular weight is 550 g/mol. The highest BCUT2D eigenvalue weighted by molar-refractivity contribution is 6.31. The van der Waals surface area contributed by atoms with Gasteiger partial charge < -0.3 is 15.4 Å². The highest BCUT2D eigenvalue weighted by atomic mass is 35.5. The Bertz CT molecular complexity index is 1580. The third-order valence-electron chi connectivity index (χ3n) is 6.75. The standard InChI is InChI=1S/C29H26ClF2N5O2/c1-37-14-4-6-18(37)8-13-24(38)35-22-12-11-21-26(25(22)17-5-3-7-19(15-17)39-2)29(34-16-33-21)36-23-10-9-20(31)27(30)28(23)32/h3,5,7-13,15-16,18H,4,6,14H2,1-2H3,(H,35,38)(H,33,34,36)/b13-8+/t18-/m1/s1. The molecule has 1 atom stereocenters. The van der Waals surface area contributed by atoms with Crippen molar-refractivity contribution in [1.29, 1.82) is 0 Å². The van der Waals surface area contributed by atoms with Gasteiger partial charge in [-0.25, -0.2) is 18.7 Å². The first-order valence-corrected chi connectivity index (χ1v) is 12.8. The Morgan fingerprint density at radius 3 is 2.74 bits per heavy atom. The minimum absolute atomic E-state index is 0.0592. The maximum atomic E-state index is 14.8. The van der Waals surface area contributed by atoms with Gasteiger partial charge in [0.25, 0.3) is 0 Å². The number of halogens is 3. The van der Waals surface area contributed by atoms with Crippen molar-refractivity contribution in [2.45, 2.75) is 18.9 Å². The predicted molar refractivity (Wildman–Crippen MR) is 150 cm³/mol.